The monoisotopic (exact) mass is 591 g/mol. The smallest absolute Gasteiger partial charge is 0.164 e. The summed E-state index contributed by atoms with van der Waals surface area (Å²) in [6.07, 6.45) is 0. The van der Waals surface area contributed by atoms with Gasteiger partial charge < -0.3 is 0 Å². The van der Waals surface area contributed by atoms with Crippen molar-refractivity contribution in [3.05, 3.63) is 152 Å². The van der Waals surface area contributed by atoms with E-state index in [0.29, 0.717) is 17.5 Å². The van der Waals surface area contributed by atoms with Gasteiger partial charge in [-0.05, 0) is 56.9 Å². The Morgan fingerprint density at radius 2 is 0.822 bits per heavy atom. The van der Waals surface area contributed by atoms with Crippen molar-refractivity contribution in [1.29, 1.82) is 0 Å². The van der Waals surface area contributed by atoms with Crippen molar-refractivity contribution < 1.29 is 0 Å². The lowest BCUT2D eigenvalue weighted by Crippen LogP contribution is -2.00. The van der Waals surface area contributed by atoms with E-state index in [0.717, 1.165) is 22.3 Å². The summed E-state index contributed by atoms with van der Waals surface area (Å²) in [5.41, 5.74) is 5.24. The molecule has 0 N–H and O–H groups in total. The first-order chi connectivity index (χ1) is 22.2. The molecule has 45 heavy (non-hydrogen) atoms. The number of hydrogen-bond donors (Lipinski definition) is 0. The van der Waals surface area contributed by atoms with Crippen LogP contribution < -0.4 is 0 Å². The summed E-state index contributed by atoms with van der Waals surface area (Å²) in [4.78, 5) is 15.0. The molecule has 7 aromatic carbocycles. The molecule has 2 aromatic heterocycles. The van der Waals surface area contributed by atoms with Crippen molar-refractivity contribution in [3.8, 4) is 45.3 Å². The Morgan fingerprint density at radius 3 is 1.56 bits per heavy atom. The lowest BCUT2D eigenvalue weighted by atomic mass is 10.00. The molecule has 3 nitrogen and oxygen atoms in total. The van der Waals surface area contributed by atoms with E-state index >= 15 is 0 Å². The molecule has 2 heterocycles. The fraction of sp³-hybridized carbons (Fsp3) is 0. The number of fused-ring (bicyclic) bond motifs is 5. The number of nitrogens with zero attached hydrogens (tertiary/aromatic N) is 3. The van der Waals surface area contributed by atoms with Gasteiger partial charge in [-0.1, -0.05) is 127 Å². The maximum Gasteiger partial charge on any atom is 0.164 e. The third-order valence-corrected chi connectivity index (χ3v) is 9.61. The minimum Gasteiger partial charge on any atom is -0.208 e. The molecule has 0 fully saturated rings. The molecule has 0 aliphatic carbocycles. The maximum absolute atomic E-state index is 5.03. The summed E-state index contributed by atoms with van der Waals surface area (Å²) in [5, 5.41) is 7.54. The molecule has 0 bridgehead atoms. The molecule has 0 spiro atoms. The van der Waals surface area contributed by atoms with Gasteiger partial charge in [0, 0.05) is 36.9 Å². The van der Waals surface area contributed by atoms with Crippen LogP contribution in [0.2, 0.25) is 0 Å². The van der Waals surface area contributed by atoms with Crippen molar-refractivity contribution in [1.82, 2.24) is 15.0 Å². The summed E-state index contributed by atoms with van der Waals surface area (Å²) in [7, 11) is 0. The molecule has 0 radical (unpaired) electrons. The average Bonchev–Trinajstić information content (AvgIpc) is 3.47. The minimum atomic E-state index is 0.659. The molecule has 0 amide bonds. The second kappa shape index (κ2) is 10.5. The molecular formula is C41H25N3S. The van der Waals surface area contributed by atoms with E-state index in [1.54, 1.807) is 0 Å². The minimum absolute atomic E-state index is 0.659. The van der Waals surface area contributed by atoms with Crippen LogP contribution in [-0.4, -0.2) is 15.0 Å². The van der Waals surface area contributed by atoms with E-state index in [4.69, 9.17) is 15.0 Å². The Labute approximate surface area is 264 Å². The molecule has 0 atom stereocenters. The highest BCUT2D eigenvalue weighted by molar-refractivity contribution is 7.25. The average molecular weight is 592 g/mol. The number of aromatic nitrogens is 3. The van der Waals surface area contributed by atoms with Crippen LogP contribution in [0.3, 0.4) is 0 Å². The van der Waals surface area contributed by atoms with Gasteiger partial charge >= 0.3 is 0 Å². The summed E-state index contributed by atoms with van der Waals surface area (Å²) < 4.78 is 2.51. The summed E-state index contributed by atoms with van der Waals surface area (Å²) in [6.45, 7) is 0. The zero-order valence-electron chi connectivity index (χ0n) is 24.2. The molecule has 4 heteroatoms. The second-order valence-corrected chi connectivity index (χ2v) is 12.4. The molecule has 9 rings (SSSR count). The van der Waals surface area contributed by atoms with E-state index < -0.39 is 0 Å². The predicted molar refractivity (Wildman–Crippen MR) is 189 cm³/mol. The van der Waals surface area contributed by atoms with Gasteiger partial charge in [0.25, 0.3) is 0 Å². The Bertz CT molecular complexity index is 2530. The van der Waals surface area contributed by atoms with E-state index in [1.807, 2.05) is 41.7 Å². The molecule has 0 saturated carbocycles. The fourth-order valence-corrected chi connectivity index (χ4v) is 7.31. The summed E-state index contributed by atoms with van der Waals surface area (Å²) in [6, 6.07) is 53.4. The highest BCUT2D eigenvalue weighted by Crippen LogP contribution is 2.38. The molecule has 0 unspecified atom stereocenters. The molecule has 0 aliphatic heterocycles. The van der Waals surface area contributed by atoms with Gasteiger partial charge in [-0.25, -0.2) is 15.0 Å². The van der Waals surface area contributed by atoms with Crippen molar-refractivity contribution >= 4 is 53.1 Å². The van der Waals surface area contributed by atoms with Crippen LogP contribution >= 0.6 is 11.3 Å². The van der Waals surface area contributed by atoms with E-state index in [9.17, 15) is 0 Å². The van der Waals surface area contributed by atoms with Gasteiger partial charge in [-0.3, -0.25) is 0 Å². The highest BCUT2D eigenvalue weighted by Gasteiger charge is 2.15. The Kier molecular flexibility index (Phi) is 6.00. The topological polar surface area (TPSA) is 38.7 Å². The van der Waals surface area contributed by atoms with Gasteiger partial charge in [0.2, 0.25) is 0 Å². The first-order valence-corrected chi connectivity index (χ1v) is 15.8. The van der Waals surface area contributed by atoms with Gasteiger partial charge in [0.1, 0.15) is 0 Å². The van der Waals surface area contributed by atoms with Crippen molar-refractivity contribution in [2.75, 3.05) is 0 Å². The van der Waals surface area contributed by atoms with Gasteiger partial charge in [-0.2, -0.15) is 0 Å². The Balaban J connectivity index is 1.15. The first-order valence-electron chi connectivity index (χ1n) is 15.0. The third-order valence-electron chi connectivity index (χ3n) is 8.49. The van der Waals surface area contributed by atoms with Crippen LogP contribution in [0.15, 0.2) is 152 Å². The predicted octanol–water partition coefficient (Wildman–Crippen LogP) is 11.2. The summed E-state index contributed by atoms with van der Waals surface area (Å²) in [5.74, 6) is 1.99. The van der Waals surface area contributed by atoms with Gasteiger partial charge in [0.05, 0.1) is 0 Å². The number of hydrogen-bond acceptors (Lipinski definition) is 4. The van der Waals surface area contributed by atoms with E-state index in [1.165, 1.54) is 47.3 Å². The summed E-state index contributed by atoms with van der Waals surface area (Å²) >= 11 is 1.82. The Hall–Kier alpha value is -5.71. The van der Waals surface area contributed by atoms with Gasteiger partial charge in [0.15, 0.2) is 17.5 Å². The highest BCUT2D eigenvalue weighted by atomic mass is 32.1. The van der Waals surface area contributed by atoms with Crippen LogP contribution in [0, 0.1) is 0 Å². The Morgan fingerprint density at radius 1 is 0.311 bits per heavy atom. The van der Waals surface area contributed by atoms with Crippen LogP contribution in [0.4, 0.5) is 0 Å². The number of benzene rings is 7. The lowest BCUT2D eigenvalue weighted by Gasteiger charge is -2.09. The van der Waals surface area contributed by atoms with Gasteiger partial charge in [-0.15, -0.1) is 11.3 Å². The molecule has 210 valence electrons. The normalized spacial score (nSPS) is 11.6. The zero-order chi connectivity index (χ0) is 29.7. The molecule has 9 aromatic rings. The largest absolute Gasteiger partial charge is 0.208 e. The SMILES string of the molecule is c1ccc(-c2nc(-c3ccc(-c4ccc5ccccc5c4)cc3)nc(-c3ccc4c(c3)sc3cc5ccccc5cc34)n2)cc1. The molecular weight excluding hydrogens is 567 g/mol. The third kappa shape index (κ3) is 4.64. The van der Waals surface area contributed by atoms with Crippen molar-refractivity contribution in [2.45, 2.75) is 0 Å². The van der Waals surface area contributed by atoms with Crippen LogP contribution in [0.5, 0.6) is 0 Å². The number of rotatable bonds is 4. The van der Waals surface area contributed by atoms with Crippen LogP contribution in [-0.2, 0) is 0 Å². The lowest BCUT2D eigenvalue weighted by molar-refractivity contribution is 1.07. The fourth-order valence-electron chi connectivity index (χ4n) is 6.13. The molecule has 0 saturated heterocycles. The number of thiophene rings is 1. The van der Waals surface area contributed by atoms with Crippen LogP contribution in [0.25, 0.3) is 87.0 Å². The first kappa shape index (κ1) is 25.8. The van der Waals surface area contributed by atoms with Crippen molar-refractivity contribution in [2.24, 2.45) is 0 Å². The van der Waals surface area contributed by atoms with E-state index in [2.05, 4.69) is 121 Å². The van der Waals surface area contributed by atoms with E-state index in [-0.39, 0.29) is 0 Å². The quantitative estimate of drug-likeness (QED) is 0.204. The maximum atomic E-state index is 5.03. The standard InChI is InChI=1S/C41H25N3S/c1-2-9-28(10-3-1)39-42-40(29-17-14-27(15-18-29)33-19-16-26-8-4-5-11-30(26)22-33)44-41(43-39)34-20-21-35-36-23-31-12-6-7-13-32(31)24-38(36)45-37(35)25-34/h1-25H. The zero-order valence-corrected chi connectivity index (χ0v) is 25.0. The second-order valence-electron chi connectivity index (χ2n) is 11.3. The van der Waals surface area contributed by atoms with Crippen molar-refractivity contribution in [3.63, 3.8) is 0 Å². The molecule has 0 aliphatic rings. The van der Waals surface area contributed by atoms with Crippen LogP contribution in [0.1, 0.15) is 0 Å².